The van der Waals surface area contributed by atoms with Gasteiger partial charge in [-0.1, -0.05) is 0 Å². The second-order valence-corrected chi connectivity index (χ2v) is 2.76. The molecule has 1 aliphatic heterocycles. The Morgan fingerprint density at radius 2 is 2.56 bits per heavy atom. The van der Waals surface area contributed by atoms with E-state index in [2.05, 4.69) is 0 Å². The smallest absolute Gasteiger partial charge is 0.172 e. The number of likely N-dealkylation sites (N-methyl/N-ethyl adjacent to an activating group) is 1. The van der Waals surface area contributed by atoms with Crippen molar-refractivity contribution in [2.24, 2.45) is 0 Å². The Labute approximate surface area is 57.8 Å². The van der Waals surface area contributed by atoms with E-state index in [1.807, 2.05) is 0 Å². The molecule has 0 spiro atoms. The summed E-state index contributed by atoms with van der Waals surface area (Å²) in [6, 6.07) is 0. The van der Waals surface area contributed by atoms with Crippen LogP contribution in [0.15, 0.2) is 11.2 Å². The fourth-order valence-corrected chi connectivity index (χ4v) is 1.36. The van der Waals surface area contributed by atoms with E-state index in [0.29, 0.717) is 0 Å². The van der Waals surface area contributed by atoms with Gasteiger partial charge in [-0.25, -0.2) is 8.70 Å². The van der Waals surface area contributed by atoms with Crippen molar-refractivity contribution in [3.05, 3.63) is 11.2 Å². The Hall–Kier alpha value is -0.0600. The molecular formula is C5H8FNOS. The van der Waals surface area contributed by atoms with Crippen LogP contribution in [0, 0.1) is 0 Å². The summed E-state index contributed by atoms with van der Waals surface area (Å²) in [7, 11) is 3.27. The zero-order valence-corrected chi connectivity index (χ0v) is 6.11. The monoisotopic (exact) mass is 149 g/mol. The van der Waals surface area contributed by atoms with E-state index in [4.69, 9.17) is 4.74 Å². The molecule has 0 N–H and O–H groups in total. The van der Waals surface area contributed by atoms with Gasteiger partial charge in [-0.15, -0.1) is 0 Å². The molecule has 0 amide bonds. The highest BCUT2D eigenvalue weighted by Gasteiger charge is 2.24. The van der Waals surface area contributed by atoms with Crippen LogP contribution in [0.1, 0.15) is 0 Å². The molecule has 0 radical (unpaired) electrons. The van der Waals surface area contributed by atoms with Crippen LogP contribution in [0.25, 0.3) is 0 Å². The van der Waals surface area contributed by atoms with Crippen LogP contribution in [0.2, 0.25) is 0 Å². The van der Waals surface area contributed by atoms with Crippen molar-refractivity contribution in [2.75, 3.05) is 14.2 Å². The third-order valence-corrected chi connectivity index (χ3v) is 1.98. The van der Waals surface area contributed by atoms with Crippen LogP contribution in [-0.4, -0.2) is 24.7 Å². The van der Waals surface area contributed by atoms with Crippen LogP contribution >= 0.6 is 11.9 Å². The Morgan fingerprint density at radius 3 is 2.78 bits per heavy atom. The highest BCUT2D eigenvalue weighted by Crippen LogP contribution is 2.29. The Bertz CT molecular complexity index is 139. The third kappa shape index (κ3) is 1.26. The summed E-state index contributed by atoms with van der Waals surface area (Å²) in [5, 5.41) is 1.44. The van der Waals surface area contributed by atoms with Crippen molar-refractivity contribution in [2.45, 2.75) is 6.23 Å². The Balaban J connectivity index is 2.57. The average molecular weight is 149 g/mol. The SMILES string of the molecule is COC1C(F)=CSN1C. The molecular weight excluding hydrogens is 141 g/mol. The zero-order valence-electron chi connectivity index (χ0n) is 5.30. The molecule has 2 nitrogen and oxygen atoms in total. The molecule has 0 fully saturated rings. The Kier molecular flexibility index (Phi) is 2.10. The number of methoxy groups -OCH3 is 1. The Morgan fingerprint density at radius 1 is 1.89 bits per heavy atom. The van der Waals surface area contributed by atoms with Crippen molar-refractivity contribution in [1.29, 1.82) is 0 Å². The van der Waals surface area contributed by atoms with Gasteiger partial charge in [0.25, 0.3) is 0 Å². The second kappa shape index (κ2) is 2.68. The van der Waals surface area contributed by atoms with Gasteiger partial charge in [0.2, 0.25) is 0 Å². The van der Waals surface area contributed by atoms with Crippen molar-refractivity contribution >= 4 is 11.9 Å². The quantitative estimate of drug-likeness (QED) is 0.522. The first kappa shape index (κ1) is 7.05. The molecule has 1 heterocycles. The molecule has 0 aromatic rings. The van der Waals surface area contributed by atoms with Crippen LogP contribution in [0.3, 0.4) is 0 Å². The summed E-state index contributed by atoms with van der Waals surface area (Å²) in [5.41, 5.74) is 0. The van der Waals surface area contributed by atoms with Crippen LogP contribution in [-0.2, 0) is 4.74 Å². The van der Waals surface area contributed by atoms with Crippen molar-refractivity contribution in [3.63, 3.8) is 0 Å². The van der Waals surface area contributed by atoms with Crippen LogP contribution in [0.5, 0.6) is 0 Å². The highest BCUT2D eigenvalue weighted by molar-refractivity contribution is 8.00. The minimum atomic E-state index is -0.477. The molecule has 0 aromatic heterocycles. The molecule has 4 heteroatoms. The number of hydrogen-bond acceptors (Lipinski definition) is 3. The number of halogens is 1. The summed E-state index contributed by atoms with van der Waals surface area (Å²) in [6.45, 7) is 0. The lowest BCUT2D eigenvalue weighted by Crippen LogP contribution is -2.23. The van der Waals surface area contributed by atoms with E-state index in [0.717, 1.165) is 0 Å². The second-order valence-electron chi connectivity index (χ2n) is 1.74. The standard InChI is InChI=1S/C5H8FNOS/c1-7-5(8-2)4(6)3-9-7/h3,5H,1-2H3. The number of nitrogens with zero attached hydrogens (tertiary/aromatic N) is 1. The third-order valence-electron chi connectivity index (χ3n) is 1.12. The summed E-state index contributed by atoms with van der Waals surface area (Å²) in [6.07, 6.45) is -0.477. The minimum absolute atomic E-state index is 0.218. The molecule has 1 atom stereocenters. The summed E-state index contributed by atoms with van der Waals surface area (Å²) in [4.78, 5) is 0. The molecule has 52 valence electrons. The maximum atomic E-state index is 12.5. The van der Waals surface area contributed by atoms with Crippen molar-refractivity contribution < 1.29 is 9.13 Å². The first-order valence-electron chi connectivity index (χ1n) is 2.53. The number of rotatable bonds is 1. The molecule has 1 aliphatic rings. The van der Waals surface area contributed by atoms with Crippen LogP contribution in [0.4, 0.5) is 4.39 Å². The lowest BCUT2D eigenvalue weighted by molar-refractivity contribution is 0.0492. The molecule has 1 unspecified atom stereocenters. The first-order chi connectivity index (χ1) is 4.25. The van der Waals surface area contributed by atoms with E-state index in [1.165, 1.54) is 24.5 Å². The first-order valence-corrected chi connectivity index (χ1v) is 3.37. The topological polar surface area (TPSA) is 12.5 Å². The molecule has 0 aliphatic carbocycles. The molecule has 9 heavy (non-hydrogen) atoms. The largest absolute Gasteiger partial charge is 0.359 e. The van der Waals surface area contributed by atoms with Crippen molar-refractivity contribution in [3.8, 4) is 0 Å². The van der Waals surface area contributed by atoms with Gasteiger partial charge >= 0.3 is 0 Å². The summed E-state index contributed by atoms with van der Waals surface area (Å²) in [5.74, 6) is -0.218. The van der Waals surface area contributed by atoms with E-state index in [9.17, 15) is 4.39 Å². The molecule has 0 saturated carbocycles. The van der Waals surface area contributed by atoms with Gasteiger partial charge in [0.1, 0.15) is 0 Å². The maximum absolute atomic E-state index is 12.5. The van der Waals surface area contributed by atoms with Gasteiger partial charge in [0, 0.05) is 19.6 Å². The number of ether oxygens (including phenoxy) is 1. The van der Waals surface area contributed by atoms with E-state index in [-0.39, 0.29) is 5.83 Å². The van der Waals surface area contributed by atoms with Gasteiger partial charge < -0.3 is 4.74 Å². The van der Waals surface area contributed by atoms with Gasteiger partial charge in [-0.3, -0.25) is 0 Å². The van der Waals surface area contributed by atoms with E-state index >= 15 is 0 Å². The van der Waals surface area contributed by atoms with E-state index in [1.54, 1.807) is 11.4 Å². The van der Waals surface area contributed by atoms with Gasteiger partial charge in [0.15, 0.2) is 12.1 Å². The normalized spacial score (nSPS) is 28.8. The minimum Gasteiger partial charge on any atom is -0.359 e. The summed E-state index contributed by atoms with van der Waals surface area (Å²) < 4.78 is 19.0. The fourth-order valence-electron chi connectivity index (χ4n) is 0.682. The lowest BCUT2D eigenvalue weighted by Gasteiger charge is -2.15. The fraction of sp³-hybridized carbons (Fsp3) is 0.600. The predicted octanol–water partition coefficient (Wildman–Crippen LogP) is 1.36. The van der Waals surface area contributed by atoms with Gasteiger partial charge in [0.05, 0.1) is 0 Å². The predicted molar refractivity (Wildman–Crippen MR) is 35.3 cm³/mol. The van der Waals surface area contributed by atoms with Crippen LogP contribution < -0.4 is 0 Å². The molecule has 0 bridgehead atoms. The lowest BCUT2D eigenvalue weighted by atomic mass is 10.5. The van der Waals surface area contributed by atoms with Gasteiger partial charge in [-0.05, 0) is 11.9 Å². The summed E-state index contributed by atoms with van der Waals surface area (Å²) >= 11 is 1.31. The molecule has 1 rings (SSSR count). The van der Waals surface area contributed by atoms with Gasteiger partial charge in [-0.2, -0.15) is 0 Å². The molecule has 0 saturated heterocycles. The zero-order chi connectivity index (χ0) is 6.85. The average Bonchev–Trinajstić information content (AvgIpc) is 2.12. The number of hydrogen-bond donors (Lipinski definition) is 0. The van der Waals surface area contributed by atoms with Crippen molar-refractivity contribution in [1.82, 2.24) is 4.31 Å². The highest BCUT2D eigenvalue weighted by atomic mass is 32.2. The molecule has 0 aromatic carbocycles. The maximum Gasteiger partial charge on any atom is 0.172 e. The van der Waals surface area contributed by atoms with E-state index < -0.39 is 6.23 Å².